The maximum atomic E-state index is 12.9. The molecule has 0 aromatic heterocycles. The van der Waals surface area contributed by atoms with E-state index in [2.05, 4.69) is 5.32 Å². The molecule has 148 valence electrons. The van der Waals surface area contributed by atoms with Gasteiger partial charge < -0.3 is 10.2 Å². The number of hydrogen-bond donors (Lipinski definition) is 1. The minimum Gasteiger partial charge on any atom is -0.339 e. The lowest BCUT2D eigenvalue weighted by molar-refractivity contribution is -0.138. The molecule has 1 aliphatic heterocycles. The Kier molecular flexibility index (Phi) is 8.90. The van der Waals surface area contributed by atoms with Crippen LogP contribution in [0.5, 0.6) is 0 Å². The molecule has 1 aliphatic rings. The van der Waals surface area contributed by atoms with Gasteiger partial charge in [0.1, 0.15) is 0 Å². The van der Waals surface area contributed by atoms with Crippen LogP contribution in [0.4, 0.5) is 13.2 Å². The Balaban J connectivity index is 0.00000338. The molecule has 0 radical (unpaired) electrons. The van der Waals surface area contributed by atoms with Crippen LogP contribution in [0.3, 0.4) is 0 Å². The molecule has 1 N–H and O–H groups in total. The molecule has 1 aromatic rings. The van der Waals surface area contributed by atoms with Gasteiger partial charge in [-0.1, -0.05) is 32.0 Å². The van der Waals surface area contributed by atoms with E-state index in [4.69, 9.17) is 0 Å². The molecule has 26 heavy (non-hydrogen) atoms. The van der Waals surface area contributed by atoms with E-state index >= 15 is 0 Å². The largest absolute Gasteiger partial charge is 0.416 e. The third-order valence-corrected chi connectivity index (χ3v) is 4.71. The fourth-order valence-corrected chi connectivity index (χ4v) is 3.43. The maximum Gasteiger partial charge on any atom is 0.416 e. The summed E-state index contributed by atoms with van der Waals surface area (Å²) in [6.07, 6.45) is -1.28. The third kappa shape index (κ3) is 6.16. The Hall–Kier alpha value is -1.27. The van der Waals surface area contributed by atoms with Gasteiger partial charge in [-0.3, -0.25) is 4.79 Å². The molecule has 1 atom stereocenters. The van der Waals surface area contributed by atoms with Gasteiger partial charge in [0.2, 0.25) is 5.91 Å². The van der Waals surface area contributed by atoms with Crippen LogP contribution in [0.1, 0.15) is 44.2 Å². The summed E-state index contributed by atoms with van der Waals surface area (Å²) in [5.41, 5.74) is -0.106. The van der Waals surface area contributed by atoms with Gasteiger partial charge >= 0.3 is 6.18 Å². The number of benzene rings is 1. The fourth-order valence-electron chi connectivity index (χ4n) is 3.43. The van der Waals surface area contributed by atoms with E-state index < -0.39 is 11.7 Å². The topological polar surface area (TPSA) is 32.3 Å². The van der Waals surface area contributed by atoms with E-state index in [-0.39, 0.29) is 30.3 Å². The SMILES string of the molecule is CCCN(C(=O)C(C)Cc1cccc(C(F)(F)F)c1)C1CCNCC1.Cl. The summed E-state index contributed by atoms with van der Waals surface area (Å²) in [6, 6.07) is 5.52. The van der Waals surface area contributed by atoms with Crippen LogP contribution in [-0.2, 0) is 17.4 Å². The molecule has 1 unspecified atom stereocenters. The lowest BCUT2D eigenvalue weighted by atomic mass is 9.96. The van der Waals surface area contributed by atoms with E-state index in [0.29, 0.717) is 18.5 Å². The fraction of sp³-hybridized carbons (Fsp3) is 0.632. The molecule has 7 heteroatoms. The summed E-state index contributed by atoms with van der Waals surface area (Å²) in [5, 5.41) is 3.30. The molecule has 1 amide bonds. The molecule has 3 nitrogen and oxygen atoms in total. The Morgan fingerprint density at radius 3 is 2.54 bits per heavy atom. The summed E-state index contributed by atoms with van der Waals surface area (Å²) >= 11 is 0. The van der Waals surface area contributed by atoms with Gasteiger partial charge in [-0.2, -0.15) is 13.2 Å². The smallest absolute Gasteiger partial charge is 0.339 e. The summed E-state index contributed by atoms with van der Waals surface area (Å²) in [6.45, 7) is 6.36. The Labute approximate surface area is 159 Å². The first-order valence-electron chi connectivity index (χ1n) is 9.00. The van der Waals surface area contributed by atoms with Gasteiger partial charge in [0, 0.05) is 18.5 Å². The lowest BCUT2D eigenvalue weighted by Crippen LogP contribution is -2.48. The van der Waals surface area contributed by atoms with Crippen molar-refractivity contribution in [3.8, 4) is 0 Å². The van der Waals surface area contributed by atoms with Crippen molar-refractivity contribution < 1.29 is 18.0 Å². The summed E-state index contributed by atoms with van der Waals surface area (Å²) in [7, 11) is 0. The molecular weight excluding hydrogens is 365 g/mol. The zero-order valence-electron chi connectivity index (χ0n) is 15.3. The van der Waals surface area contributed by atoms with Crippen LogP contribution in [0, 0.1) is 5.92 Å². The van der Waals surface area contributed by atoms with E-state index in [1.54, 1.807) is 6.07 Å². The first-order valence-corrected chi connectivity index (χ1v) is 9.00. The number of rotatable bonds is 6. The lowest BCUT2D eigenvalue weighted by Gasteiger charge is -2.36. The third-order valence-electron chi connectivity index (χ3n) is 4.71. The predicted molar refractivity (Wildman–Crippen MR) is 99.5 cm³/mol. The Bertz CT molecular complexity index is 574. The second kappa shape index (κ2) is 10.2. The minimum atomic E-state index is -4.35. The quantitative estimate of drug-likeness (QED) is 0.783. The number of carbonyl (C=O) groups excluding carboxylic acids is 1. The van der Waals surface area contributed by atoms with Gasteiger partial charge in [-0.05, 0) is 50.4 Å². The number of alkyl halides is 3. The second-order valence-corrected chi connectivity index (χ2v) is 6.82. The van der Waals surface area contributed by atoms with Gasteiger partial charge in [-0.25, -0.2) is 0 Å². The predicted octanol–water partition coefficient (Wildman–Crippen LogP) is 4.30. The van der Waals surface area contributed by atoms with Crippen molar-refractivity contribution in [3.63, 3.8) is 0 Å². The number of nitrogens with zero attached hydrogens (tertiary/aromatic N) is 1. The monoisotopic (exact) mass is 392 g/mol. The van der Waals surface area contributed by atoms with Crippen molar-refractivity contribution in [2.24, 2.45) is 5.92 Å². The van der Waals surface area contributed by atoms with Crippen molar-refractivity contribution in [2.45, 2.75) is 51.7 Å². The standard InChI is InChI=1S/C19H27F3N2O.ClH/c1-3-11-24(17-7-9-23-10-8-17)18(25)14(2)12-15-5-4-6-16(13-15)19(20,21)22;/h4-6,13-14,17,23H,3,7-12H2,1-2H3;1H. The van der Waals surface area contributed by atoms with Crippen LogP contribution in [-0.4, -0.2) is 36.5 Å². The van der Waals surface area contributed by atoms with Crippen LogP contribution < -0.4 is 5.32 Å². The van der Waals surface area contributed by atoms with Crippen molar-refractivity contribution in [1.29, 1.82) is 0 Å². The highest BCUT2D eigenvalue weighted by atomic mass is 35.5. The normalized spacial score (nSPS) is 16.7. The van der Waals surface area contributed by atoms with Gasteiger partial charge in [0.05, 0.1) is 5.56 Å². The molecule has 1 heterocycles. The summed E-state index contributed by atoms with van der Waals surface area (Å²) < 4.78 is 38.6. The second-order valence-electron chi connectivity index (χ2n) is 6.82. The van der Waals surface area contributed by atoms with Crippen molar-refractivity contribution >= 4 is 18.3 Å². The molecule has 2 rings (SSSR count). The van der Waals surface area contributed by atoms with Crippen molar-refractivity contribution in [2.75, 3.05) is 19.6 Å². The molecule has 1 aromatic carbocycles. The molecular formula is C19H28ClF3N2O. The van der Waals surface area contributed by atoms with Crippen molar-refractivity contribution in [3.05, 3.63) is 35.4 Å². The summed E-state index contributed by atoms with van der Waals surface area (Å²) in [4.78, 5) is 14.8. The van der Waals surface area contributed by atoms with E-state index in [1.165, 1.54) is 6.07 Å². The van der Waals surface area contributed by atoms with E-state index in [1.807, 2.05) is 18.7 Å². The number of carbonyl (C=O) groups is 1. The first kappa shape index (κ1) is 22.8. The molecule has 0 spiro atoms. The average molecular weight is 393 g/mol. The van der Waals surface area contributed by atoms with Crippen molar-refractivity contribution in [1.82, 2.24) is 10.2 Å². The maximum absolute atomic E-state index is 12.9. The highest BCUT2D eigenvalue weighted by Gasteiger charge is 2.31. The van der Waals surface area contributed by atoms with Crippen LogP contribution in [0.25, 0.3) is 0 Å². The van der Waals surface area contributed by atoms with E-state index in [0.717, 1.165) is 44.5 Å². The zero-order valence-corrected chi connectivity index (χ0v) is 16.1. The van der Waals surface area contributed by atoms with Crippen LogP contribution in [0.2, 0.25) is 0 Å². The van der Waals surface area contributed by atoms with E-state index in [9.17, 15) is 18.0 Å². The van der Waals surface area contributed by atoms with Crippen LogP contribution >= 0.6 is 12.4 Å². The van der Waals surface area contributed by atoms with Gasteiger partial charge in [0.25, 0.3) is 0 Å². The van der Waals surface area contributed by atoms with Gasteiger partial charge in [0.15, 0.2) is 0 Å². The van der Waals surface area contributed by atoms with Crippen LogP contribution in [0.15, 0.2) is 24.3 Å². The molecule has 0 saturated carbocycles. The van der Waals surface area contributed by atoms with Gasteiger partial charge in [-0.15, -0.1) is 12.4 Å². The number of piperidine rings is 1. The number of hydrogen-bond acceptors (Lipinski definition) is 2. The minimum absolute atomic E-state index is 0. The molecule has 1 fully saturated rings. The number of halogens is 4. The first-order chi connectivity index (χ1) is 11.8. The number of nitrogens with one attached hydrogen (secondary N) is 1. The summed E-state index contributed by atoms with van der Waals surface area (Å²) in [5.74, 6) is -0.281. The average Bonchev–Trinajstić information content (AvgIpc) is 2.59. The highest BCUT2D eigenvalue weighted by molar-refractivity contribution is 5.85. The molecule has 0 aliphatic carbocycles. The Morgan fingerprint density at radius 2 is 1.96 bits per heavy atom. The molecule has 1 saturated heterocycles. The Morgan fingerprint density at radius 1 is 1.31 bits per heavy atom. The molecule has 0 bridgehead atoms. The number of amides is 1. The highest BCUT2D eigenvalue weighted by Crippen LogP contribution is 2.30. The zero-order chi connectivity index (χ0) is 18.4.